The minimum atomic E-state index is -0.0538. The number of aryl methyl sites for hydroxylation is 1. The summed E-state index contributed by atoms with van der Waals surface area (Å²) >= 11 is 0. The van der Waals surface area contributed by atoms with Crippen molar-refractivity contribution in [3.8, 4) is 11.5 Å². The van der Waals surface area contributed by atoms with E-state index in [1.807, 2.05) is 18.2 Å². The fraction of sp³-hybridized carbons (Fsp3) is 0.462. The largest absolute Gasteiger partial charge is 0.493 e. The molecule has 0 radical (unpaired) electrons. The normalized spacial score (nSPS) is 9.82. The second-order valence-electron chi connectivity index (χ2n) is 3.67. The number of carbonyl (C=O) groups is 1. The summed E-state index contributed by atoms with van der Waals surface area (Å²) in [5, 5.41) is 2.67. The van der Waals surface area contributed by atoms with Crippen LogP contribution in [0.15, 0.2) is 18.2 Å². The molecule has 0 fully saturated rings. The molecule has 94 valence electrons. The summed E-state index contributed by atoms with van der Waals surface area (Å²) in [6.07, 6.45) is 0.961. The Morgan fingerprint density at radius 1 is 1.35 bits per heavy atom. The minimum Gasteiger partial charge on any atom is -0.493 e. The fourth-order valence-electron chi connectivity index (χ4n) is 1.44. The quantitative estimate of drug-likeness (QED) is 0.767. The van der Waals surface area contributed by atoms with Gasteiger partial charge in [0.1, 0.15) is 6.61 Å². The third kappa shape index (κ3) is 4.34. The molecule has 0 saturated carbocycles. The lowest BCUT2D eigenvalue weighted by Gasteiger charge is -2.11. The van der Waals surface area contributed by atoms with Gasteiger partial charge in [-0.2, -0.15) is 0 Å². The van der Waals surface area contributed by atoms with E-state index in [1.165, 1.54) is 12.5 Å². The summed E-state index contributed by atoms with van der Waals surface area (Å²) in [7, 11) is 1.62. The first-order valence-corrected chi connectivity index (χ1v) is 5.71. The molecule has 0 atom stereocenters. The van der Waals surface area contributed by atoms with Gasteiger partial charge in [-0.1, -0.05) is 13.0 Å². The van der Waals surface area contributed by atoms with E-state index in [0.717, 1.165) is 12.2 Å². The van der Waals surface area contributed by atoms with Crippen molar-refractivity contribution in [2.24, 2.45) is 0 Å². The van der Waals surface area contributed by atoms with Gasteiger partial charge in [-0.15, -0.1) is 0 Å². The molecule has 1 amide bonds. The van der Waals surface area contributed by atoms with E-state index in [1.54, 1.807) is 7.11 Å². The maximum atomic E-state index is 10.7. The Balaban J connectivity index is 2.55. The van der Waals surface area contributed by atoms with Gasteiger partial charge in [0.15, 0.2) is 11.5 Å². The van der Waals surface area contributed by atoms with E-state index >= 15 is 0 Å². The van der Waals surface area contributed by atoms with Gasteiger partial charge < -0.3 is 14.8 Å². The van der Waals surface area contributed by atoms with Gasteiger partial charge in [0, 0.05) is 6.92 Å². The molecule has 1 aromatic rings. The molecule has 0 aliphatic heterocycles. The number of benzene rings is 1. The van der Waals surface area contributed by atoms with Crippen molar-refractivity contribution in [1.82, 2.24) is 5.32 Å². The molecule has 0 saturated heterocycles. The molecule has 0 aliphatic carbocycles. The number of nitrogens with one attached hydrogen (secondary N) is 1. The number of ether oxygens (including phenoxy) is 2. The van der Waals surface area contributed by atoms with Crippen LogP contribution >= 0.6 is 0 Å². The molecule has 1 aromatic carbocycles. The third-order valence-electron chi connectivity index (χ3n) is 2.37. The molecule has 0 aliphatic rings. The Bertz CT molecular complexity index is 377. The highest BCUT2D eigenvalue weighted by Crippen LogP contribution is 2.28. The van der Waals surface area contributed by atoms with Crippen LogP contribution in [0.2, 0.25) is 0 Å². The minimum absolute atomic E-state index is 0.0538. The zero-order valence-electron chi connectivity index (χ0n) is 10.6. The van der Waals surface area contributed by atoms with E-state index in [-0.39, 0.29) is 5.91 Å². The average molecular weight is 237 g/mol. The maximum Gasteiger partial charge on any atom is 0.216 e. The highest BCUT2D eigenvalue weighted by atomic mass is 16.5. The molecule has 1 N–H and O–H groups in total. The van der Waals surface area contributed by atoms with Crippen molar-refractivity contribution < 1.29 is 14.3 Å². The standard InChI is InChI=1S/C13H19NO3/c1-4-11-5-6-12(13(9-11)16-3)17-8-7-14-10(2)15/h5-6,9H,4,7-8H2,1-3H3,(H,14,15). The van der Waals surface area contributed by atoms with Crippen molar-refractivity contribution in [2.75, 3.05) is 20.3 Å². The van der Waals surface area contributed by atoms with Crippen LogP contribution in [0.3, 0.4) is 0 Å². The van der Waals surface area contributed by atoms with E-state index in [0.29, 0.717) is 18.9 Å². The first-order chi connectivity index (χ1) is 8.17. The van der Waals surface area contributed by atoms with Crippen LogP contribution in [-0.4, -0.2) is 26.2 Å². The Morgan fingerprint density at radius 2 is 2.12 bits per heavy atom. The number of hydrogen-bond acceptors (Lipinski definition) is 3. The summed E-state index contributed by atoms with van der Waals surface area (Å²) in [5.41, 5.74) is 1.20. The Labute approximate surface area is 102 Å². The monoisotopic (exact) mass is 237 g/mol. The van der Waals surface area contributed by atoms with E-state index < -0.39 is 0 Å². The summed E-state index contributed by atoms with van der Waals surface area (Å²) < 4.78 is 10.8. The molecular formula is C13H19NO3. The van der Waals surface area contributed by atoms with Crippen LogP contribution in [0.1, 0.15) is 19.4 Å². The van der Waals surface area contributed by atoms with Crippen LogP contribution in [0.4, 0.5) is 0 Å². The number of amides is 1. The van der Waals surface area contributed by atoms with Crippen molar-refractivity contribution >= 4 is 5.91 Å². The van der Waals surface area contributed by atoms with Gasteiger partial charge in [-0.3, -0.25) is 4.79 Å². The third-order valence-corrected chi connectivity index (χ3v) is 2.37. The van der Waals surface area contributed by atoms with Crippen molar-refractivity contribution in [2.45, 2.75) is 20.3 Å². The topological polar surface area (TPSA) is 47.6 Å². The maximum absolute atomic E-state index is 10.7. The molecule has 4 nitrogen and oxygen atoms in total. The molecule has 0 heterocycles. The van der Waals surface area contributed by atoms with Gasteiger partial charge in [-0.25, -0.2) is 0 Å². The smallest absolute Gasteiger partial charge is 0.216 e. The van der Waals surface area contributed by atoms with E-state index in [4.69, 9.17) is 9.47 Å². The van der Waals surface area contributed by atoms with Gasteiger partial charge in [-0.05, 0) is 24.1 Å². The first kappa shape index (κ1) is 13.4. The zero-order valence-corrected chi connectivity index (χ0v) is 10.6. The highest BCUT2D eigenvalue weighted by Gasteiger charge is 2.04. The summed E-state index contributed by atoms with van der Waals surface area (Å²) in [5.74, 6) is 1.38. The Kier molecular flexibility index (Phi) is 5.33. The Hall–Kier alpha value is -1.71. The van der Waals surface area contributed by atoms with Gasteiger partial charge in [0.2, 0.25) is 5.91 Å². The van der Waals surface area contributed by atoms with Crippen LogP contribution in [0.25, 0.3) is 0 Å². The second-order valence-corrected chi connectivity index (χ2v) is 3.67. The second kappa shape index (κ2) is 6.78. The molecular weight excluding hydrogens is 218 g/mol. The van der Waals surface area contributed by atoms with Crippen LogP contribution < -0.4 is 14.8 Å². The Morgan fingerprint density at radius 3 is 2.71 bits per heavy atom. The fourth-order valence-corrected chi connectivity index (χ4v) is 1.44. The molecule has 0 unspecified atom stereocenters. The zero-order chi connectivity index (χ0) is 12.7. The van der Waals surface area contributed by atoms with Crippen LogP contribution in [0.5, 0.6) is 11.5 Å². The number of rotatable bonds is 6. The van der Waals surface area contributed by atoms with Gasteiger partial charge in [0.25, 0.3) is 0 Å². The molecule has 0 bridgehead atoms. The lowest BCUT2D eigenvalue weighted by molar-refractivity contribution is -0.119. The van der Waals surface area contributed by atoms with E-state index in [9.17, 15) is 4.79 Å². The van der Waals surface area contributed by atoms with Gasteiger partial charge >= 0.3 is 0 Å². The number of hydrogen-bond donors (Lipinski definition) is 1. The predicted octanol–water partition coefficient (Wildman–Crippen LogP) is 1.77. The molecule has 4 heteroatoms. The molecule has 0 spiro atoms. The summed E-state index contributed by atoms with van der Waals surface area (Å²) in [6, 6.07) is 5.87. The number of methoxy groups -OCH3 is 1. The average Bonchev–Trinajstić information content (AvgIpc) is 2.34. The molecule has 17 heavy (non-hydrogen) atoms. The summed E-state index contributed by atoms with van der Waals surface area (Å²) in [4.78, 5) is 10.7. The lowest BCUT2D eigenvalue weighted by atomic mass is 10.1. The van der Waals surface area contributed by atoms with Gasteiger partial charge in [0.05, 0.1) is 13.7 Å². The summed E-state index contributed by atoms with van der Waals surface area (Å²) in [6.45, 7) is 4.50. The van der Waals surface area contributed by atoms with E-state index in [2.05, 4.69) is 12.2 Å². The molecule has 1 rings (SSSR count). The SMILES string of the molecule is CCc1ccc(OCCNC(C)=O)c(OC)c1. The lowest BCUT2D eigenvalue weighted by Crippen LogP contribution is -2.25. The van der Waals surface area contributed by atoms with Crippen molar-refractivity contribution in [3.63, 3.8) is 0 Å². The van der Waals surface area contributed by atoms with Crippen LogP contribution in [-0.2, 0) is 11.2 Å². The highest BCUT2D eigenvalue weighted by molar-refractivity contribution is 5.72. The van der Waals surface area contributed by atoms with Crippen LogP contribution in [0, 0.1) is 0 Å². The first-order valence-electron chi connectivity index (χ1n) is 5.71. The molecule has 0 aromatic heterocycles. The van der Waals surface area contributed by atoms with Crippen molar-refractivity contribution in [3.05, 3.63) is 23.8 Å². The predicted molar refractivity (Wildman–Crippen MR) is 66.6 cm³/mol. The number of carbonyl (C=O) groups excluding carboxylic acids is 1. The van der Waals surface area contributed by atoms with Crippen molar-refractivity contribution in [1.29, 1.82) is 0 Å².